The van der Waals surface area contributed by atoms with Gasteiger partial charge in [-0.1, -0.05) is 30.2 Å². The first-order chi connectivity index (χ1) is 14.0. The summed E-state index contributed by atoms with van der Waals surface area (Å²) >= 11 is 6.28. The number of hydrogen-bond donors (Lipinski definition) is 1. The maximum absolute atomic E-state index is 12.0. The highest BCUT2D eigenvalue weighted by Gasteiger charge is 2.37. The summed E-state index contributed by atoms with van der Waals surface area (Å²) in [6.07, 6.45) is 2.41. The summed E-state index contributed by atoms with van der Waals surface area (Å²) in [5.74, 6) is 0.720. The Hall–Kier alpha value is -2.44. The van der Waals surface area contributed by atoms with Crippen LogP contribution in [0.4, 0.5) is 0 Å². The molecule has 0 spiro atoms. The van der Waals surface area contributed by atoms with E-state index < -0.39 is 12.0 Å². The maximum Gasteiger partial charge on any atom is 0.320 e. The second kappa shape index (κ2) is 9.37. The Balaban J connectivity index is 2.22. The summed E-state index contributed by atoms with van der Waals surface area (Å²) in [6, 6.07) is 10.3. The number of halogens is 1. The number of nitrogens with zero attached hydrogens (tertiary/aromatic N) is 1. The minimum Gasteiger partial charge on any atom is -0.493 e. The Morgan fingerprint density at radius 1 is 1.10 bits per heavy atom. The Morgan fingerprint density at radius 3 is 2.48 bits per heavy atom. The van der Waals surface area contributed by atoms with E-state index in [1.54, 1.807) is 27.4 Å². The van der Waals surface area contributed by atoms with E-state index in [2.05, 4.69) is 0 Å². The average molecular weight is 420 g/mol. The second-order valence-electron chi connectivity index (χ2n) is 6.97. The molecule has 29 heavy (non-hydrogen) atoms. The SMILES string of the molecule is COc1ccc(C(c2cccc(Cl)c2)N2CCCCC2C(=O)O)c(OC)c1OC. The van der Waals surface area contributed by atoms with Crippen LogP contribution in [0.1, 0.15) is 36.4 Å². The summed E-state index contributed by atoms with van der Waals surface area (Å²) in [4.78, 5) is 14.0. The molecule has 1 fully saturated rings. The van der Waals surface area contributed by atoms with Crippen molar-refractivity contribution in [3.63, 3.8) is 0 Å². The lowest BCUT2D eigenvalue weighted by Gasteiger charge is -2.40. The van der Waals surface area contributed by atoms with Gasteiger partial charge in [0.15, 0.2) is 11.5 Å². The molecule has 0 bridgehead atoms. The van der Waals surface area contributed by atoms with Gasteiger partial charge in [0.05, 0.1) is 27.4 Å². The molecule has 6 nitrogen and oxygen atoms in total. The van der Waals surface area contributed by atoms with E-state index >= 15 is 0 Å². The van der Waals surface area contributed by atoms with E-state index in [-0.39, 0.29) is 6.04 Å². The number of methoxy groups -OCH3 is 3. The molecule has 0 aromatic heterocycles. The zero-order valence-corrected chi connectivity index (χ0v) is 17.6. The molecule has 0 saturated carbocycles. The lowest BCUT2D eigenvalue weighted by Crippen LogP contribution is -2.46. The summed E-state index contributed by atoms with van der Waals surface area (Å²) in [5, 5.41) is 10.5. The number of rotatable bonds is 7. The number of carboxylic acids is 1. The highest BCUT2D eigenvalue weighted by atomic mass is 35.5. The van der Waals surface area contributed by atoms with Crippen LogP contribution in [-0.4, -0.2) is 49.9 Å². The number of aliphatic carboxylic acids is 1. The average Bonchev–Trinajstić information content (AvgIpc) is 2.73. The standard InChI is InChI=1S/C22H26ClNO5/c1-27-18-11-10-16(20(28-2)21(18)29-3)19(14-7-6-8-15(23)13-14)24-12-5-4-9-17(24)22(25)26/h6-8,10-11,13,17,19H,4-5,9,12H2,1-3H3,(H,25,26). The van der Waals surface area contributed by atoms with Crippen molar-refractivity contribution in [1.29, 1.82) is 0 Å². The maximum atomic E-state index is 12.0. The monoisotopic (exact) mass is 419 g/mol. The number of carboxylic acid groups (broad SMARTS) is 1. The molecule has 2 aromatic carbocycles. The smallest absolute Gasteiger partial charge is 0.320 e. The van der Waals surface area contributed by atoms with Crippen molar-refractivity contribution in [3.05, 3.63) is 52.5 Å². The van der Waals surface area contributed by atoms with Crippen LogP contribution in [0.2, 0.25) is 5.02 Å². The first-order valence-corrected chi connectivity index (χ1v) is 9.92. The second-order valence-corrected chi connectivity index (χ2v) is 7.41. The van der Waals surface area contributed by atoms with Crippen LogP contribution in [-0.2, 0) is 4.79 Å². The van der Waals surface area contributed by atoms with Gasteiger partial charge in [-0.15, -0.1) is 0 Å². The molecule has 0 radical (unpaired) electrons. The molecule has 1 N–H and O–H groups in total. The summed E-state index contributed by atoms with van der Waals surface area (Å²) < 4.78 is 16.7. The van der Waals surface area contributed by atoms with Crippen LogP contribution in [0.5, 0.6) is 17.2 Å². The molecule has 156 valence electrons. The van der Waals surface area contributed by atoms with E-state index in [0.29, 0.717) is 35.2 Å². The van der Waals surface area contributed by atoms with Gasteiger partial charge in [0.1, 0.15) is 6.04 Å². The van der Waals surface area contributed by atoms with Gasteiger partial charge in [-0.2, -0.15) is 0 Å². The van der Waals surface area contributed by atoms with Gasteiger partial charge in [0, 0.05) is 10.6 Å². The molecule has 1 aliphatic heterocycles. The van der Waals surface area contributed by atoms with E-state index in [0.717, 1.165) is 24.0 Å². The Kier molecular flexibility index (Phi) is 6.87. The first-order valence-electron chi connectivity index (χ1n) is 9.54. The van der Waals surface area contributed by atoms with Crippen molar-refractivity contribution >= 4 is 17.6 Å². The van der Waals surface area contributed by atoms with Crippen LogP contribution < -0.4 is 14.2 Å². The van der Waals surface area contributed by atoms with Crippen molar-refractivity contribution in [1.82, 2.24) is 4.90 Å². The third-order valence-electron chi connectivity index (χ3n) is 5.35. The van der Waals surface area contributed by atoms with Crippen LogP contribution in [0, 0.1) is 0 Å². The van der Waals surface area contributed by atoms with Gasteiger partial charge < -0.3 is 19.3 Å². The third kappa shape index (κ3) is 4.28. The fourth-order valence-electron chi connectivity index (χ4n) is 4.09. The molecule has 7 heteroatoms. The van der Waals surface area contributed by atoms with Gasteiger partial charge in [-0.3, -0.25) is 9.69 Å². The molecular formula is C22H26ClNO5. The van der Waals surface area contributed by atoms with Crippen molar-refractivity contribution in [2.45, 2.75) is 31.3 Å². The minimum absolute atomic E-state index is 0.357. The lowest BCUT2D eigenvalue weighted by molar-refractivity contribution is -0.145. The molecule has 1 heterocycles. The van der Waals surface area contributed by atoms with Crippen molar-refractivity contribution in [3.8, 4) is 17.2 Å². The van der Waals surface area contributed by atoms with Crippen molar-refractivity contribution in [2.75, 3.05) is 27.9 Å². The summed E-state index contributed by atoms with van der Waals surface area (Å²) in [7, 11) is 4.69. The predicted octanol–water partition coefficient (Wildman–Crippen LogP) is 4.39. The molecule has 2 atom stereocenters. The molecular weight excluding hydrogens is 394 g/mol. The highest BCUT2D eigenvalue weighted by Crippen LogP contribution is 2.46. The number of piperidine rings is 1. The van der Waals surface area contributed by atoms with Crippen molar-refractivity contribution in [2.24, 2.45) is 0 Å². The third-order valence-corrected chi connectivity index (χ3v) is 5.59. The van der Waals surface area contributed by atoms with E-state index in [9.17, 15) is 9.90 Å². The zero-order chi connectivity index (χ0) is 21.0. The number of likely N-dealkylation sites (tertiary alicyclic amines) is 1. The van der Waals surface area contributed by atoms with Gasteiger partial charge in [0.2, 0.25) is 5.75 Å². The number of hydrogen-bond acceptors (Lipinski definition) is 5. The molecule has 2 aromatic rings. The van der Waals surface area contributed by atoms with E-state index in [1.807, 2.05) is 35.2 Å². The number of carbonyl (C=O) groups is 1. The van der Waals surface area contributed by atoms with E-state index in [1.165, 1.54) is 0 Å². The molecule has 0 aliphatic carbocycles. The molecule has 1 saturated heterocycles. The number of benzene rings is 2. The van der Waals surface area contributed by atoms with E-state index in [4.69, 9.17) is 25.8 Å². The minimum atomic E-state index is -0.823. The largest absolute Gasteiger partial charge is 0.493 e. The van der Waals surface area contributed by atoms with Gasteiger partial charge in [0.25, 0.3) is 0 Å². The summed E-state index contributed by atoms with van der Waals surface area (Å²) in [6.45, 7) is 0.658. The van der Waals surface area contributed by atoms with Crippen LogP contribution in [0.25, 0.3) is 0 Å². The lowest BCUT2D eigenvalue weighted by atomic mass is 9.91. The van der Waals surface area contributed by atoms with Gasteiger partial charge >= 0.3 is 5.97 Å². The topological polar surface area (TPSA) is 68.2 Å². The predicted molar refractivity (Wildman–Crippen MR) is 111 cm³/mol. The van der Waals surface area contributed by atoms with Crippen LogP contribution >= 0.6 is 11.6 Å². The fraction of sp³-hybridized carbons (Fsp3) is 0.409. The Bertz CT molecular complexity index is 872. The summed E-state index contributed by atoms with van der Waals surface area (Å²) in [5.41, 5.74) is 1.71. The van der Waals surface area contributed by atoms with Crippen LogP contribution in [0.15, 0.2) is 36.4 Å². The quantitative estimate of drug-likeness (QED) is 0.717. The van der Waals surface area contributed by atoms with Crippen molar-refractivity contribution < 1.29 is 24.1 Å². The van der Waals surface area contributed by atoms with Crippen LogP contribution in [0.3, 0.4) is 0 Å². The number of ether oxygens (including phenoxy) is 3. The Morgan fingerprint density at radius 2 is 1.86 bits per heavy atom. The normalized spacial score (nSPS) is 18.1. The molecule has 1 aliphatic rings. The fourth-order valence-corrected chi connectivity index (χ4v) is 4.29. The Labute approximate surface area is 175 Å². The molecule has 0 amide bonds. The zero-order valence-electron chi connectivity index (χ0n) is 16.9. The van der Waals surface area contributed by atoms with Gasteiger partial charge in [-0.25, -0.2) is 0 Å². The molecule has 3 rings (SSSR count). The van der Waals surface area contributed by atoms with Gasteiger partial charge in [-0.05, 0) is 49.2 Å². The molecule has 2 unspecified atom stereocenters. The highest BCUT2D eigenvalue weighted by molar-refractivity contribution is 6.30. The first kappa shape index (κ1) is 21.3.